The monoisotopic (exact) mass is 445 g/mol. The summed E-state index contributed by atoms with van der Waals surface area (Å²) < 4.78 is 20.7. The number of benzene rings is 2. The lowest BCUT2D eigenvalue weighted by Crippen LogP contribution is -2.34. The summed E-state index contributed by atoms with van der Waals surface area (Å²) in [5, 5.41) is 5.41. The van der Waals surface area contributed by atoms with Crippen LogP contribution in [0.4, 0.5) is 0 Å². The van der Waals surface area contributed by atoms with Gasteiger partial charge in [-0.1, -0.05) is 36.0 Å². The third-order valence-electron chi connectivity index (χ3n) is 5.56. The number of fused-ring (bicyclic) bond motifs is 1. The van der Waals surface area contributed by atoms with E-state index in [1.807, 2.05) is 24.3 Å². The van der Waals surface area contributed by atoms with Gasteiger partial charge in [-0.25, -0.2) is 9.67 Å². The van der Waals surface area contributed by atoms with Crippen LogP contribution in [0.25, 0.3) is 0 Å². The number of ether oxygens (including phenoxy) is 3. The Morgan fingerprint density at radius 1 is 1.00 bits per heavy atom. The van der Waals surface area contributed by atoms with E-state index < -0.39 is 5.79 Å². The molecule has 2 aromatic carbocycles. The van der Waals surface area contributed by atoms with E-state index in [4.69, 9.17) is 37.4 Å². The van der Waals surface area contributed by atoms with Gasteiger partial charge < -0.3 is 14.2 Å². The van der Waals surface area contributed by atoms with E-state index in [-0.39, 0.29) is 12.2 Å². The molecule has 2 heterocycles. The largest absolute Gasteiger partial charge is 0.457 e. The molecule has 1 saturated heterocycles. The Bertz CT molecular complexity index is 997. The summed E-state index contributed by atoms with van der Waals surface area (Å²) in [6.07, 6.45) is 7.53. The molecule has 2 unspecified atom stereocenters. The van der Waals surface area contributed by atoms with Gasteiger partial charge in [0.1, 0.15) is 30.7 Å². The number of aromatic nitrogens is 3. The van der Waals surface area contributed by atoms with Crippen molar-refractivity contribution in [2.75, 3.05) is 0 Å². The van der Waals surface area contributed by atoms with Crippen LogP contribution < -0.4 is 4.74 Å². The van der Waals surface area contributed by atoms with Gasteiger partial charge >= 0.3 is 0 Å². The molecule has 1 saturated carbocycles. The molecule has 2 atom stereocenters. The van der Waals surface area contributed by atoms with Crippen molar-refractivity contribution in [2.24, 2.45) is 0 Å². The van der Waals surface area contributed by atoms with Gasteiger partial charge in [0.15, 0.2) is 0 Å². The highest BCUT2D eigenvalue weighted by Crippen LogP contribution is 2.46. The summed E-state index contributed by atoms with van der Waals surface area (Å²) in [6, 6.07) is 12.7. The van der Waals surface area contributed by atoms with Gasteiger partial charge in [0.05, 0.1) is 17.2 Å². The summed E-state index contributed by atoms with van der Waals surface area (Å²) in [4.78, 5) is 4.05. The molecule has 0 spiro atoms. The zero-order valence-electron chi connectivity index (χ0n) is 16.2. The quantitative estimate of drug-likeness (QED) is 0.512. The Morgan fingerprint density at radius 3 is 2.33 bits per heavy atom. The molecule has 8 heteroatoms. The first-order valence-corrected chi connectivity index (χ1v) is 10.8. The first kappa shape index (κ1) is 19.8. The number of nitrogens with zero attached hydrogens (tertiary/aromatic N) is 3. The maximum atomic E-state index is 6.72. The Labute approximate surface area is 184 Å². The predicted molar refractivity (Wildman–Crippen MR) is 113 cm³/mol. The van der Waals surface area contributed by atoms with E-state index in [0.717, 1.165) is 31.2 Å². The highest BCUT2D eigenvalue weighted by atomic mass is 35.5. The standard InChI is InChI=1S/C22H21Cl2N3O3/c23-15-5-7-16(8-6-15)28-17-9-10-18(19(24)11-17)22(12-27-14-25-13-26-27)29-20-3-1-2-4-21(20)30-22/h5-11,13-14,20-21H,1-4,12H2. The molecule has 30 heavy (non-hydrogen) atoms. The Balaban J connectivity index is 1.46. The summed E-state index contributed by atoms with van der Waals surface area (Å²) in [6.45, 7) is 0.372. The molecule has 6 nitrogen and oxygen atoms in total. The second-order valence-corrected chi connectivity index (χ2v) is 8.48. The van der Waals surface area contributed by atoms with Gasteiger partial charge in [-0.15, -0.1) is 0 Å². The smallest absolute Gasteiger partial charge is 0.217 e. The van der Waals surface area contributed by atoms with Crippen molar-refractivity contribution in [1.82, 2.24) is 14.8 Å². The third-order valence-corrected chi connectivity index (χ3v) is 6.13. The fourth-order valence-corrected chi connectivity index (χ4v) is 4.61. The van der Waals surface area contributed by atoms with E-state index in [0.29, 0.717) is 28.1 Å². The van der Waals surface area contributed by atoms with Crippen LogP contribution in [0, 0.1) is 0 Å². The minimum Gasteiger partial charge on any atom is -0.457 e. The second kappa shape index (κ2) is 8.19. The fraction of sp³-hybridized carbons (Fsp3) is 0.364. The summed E-state index contributed by atoms with van der Waals surface area (Å²) in [7, 11) is 0. The lowest BCUT2D eigenvalue weighted by atomic mass is 9.95. The Kier molecular flexibility index (Phi) is 5.41. The van der Waals surface area contributed by atoms with Crippen LogP contribution in [0.5, 0.6) is 11.5 Å². The van der Waals surface area contributed by atoms with Crippen molar-refractivity contribution in [3.8, 4) is 11.5 Å². The van der Waals surface area contributed by atoms with Crippen molar-refractivity contribution < 1.29 is 14.2 Å². The minimum atomic E-state index is -1.01. The van der Waals surface area contributed by atoms with Crippen LogP contribution in [0.1, 0.15) is 31.2 Å². The van der Waals surface area contributed by atoms with E-state index in [2.05, 4.69) is 10.1 Å². The zero-order chi connectivity index (χ0) is 20.6. The van der Waals surface area contributed by atoms with Crippen molar-refractivity contribution >= 4 is 23.2 Å². The molecule has 0 bridgehead atoms. The molecule has 0 N–H and O–H groups in total. The van der Waals surface area contributed by atoms with Crippen LogP contribution in [-0.2, 0) is 21.8 Å². The van der Waals surface area contributed by atoms with Crippen LogP contribution in [0.3, 0.4) is 0 Å². The first-order valence-electron chi connectivity index (χ1n) is 10.0. The van der Waals surface area contributed by atoms with Gasteiger partial charge in [0.2, 0.25) is 5.79 Å². The lowest BCUT2D eigenvalue weighted by molar-refractivity contribution is -0.195. The Morgan fingerprint density at radius 2 is 1.70 bits per heavy atom. The topological polar surface area (TPSA) is 58.4 Å². The summed E-state index contributed by atoms with van der Waals surface area (Å²) in [5.41, 5.74) is 0.762. The molecular formula is C22H21Cl2N3O3. The van der Waals surface area contributed by atoms with E-state index >= 15 is 0 Å². The molecule has 1 aliphatic heterocycles. The van der Waals surface area contributed by atoms with Crippen molar-refractivity contribution in [1.29, 1.82) is 0 Å². The van der Waals surface area contributed by atoms with Crippen molar-refractivity contribution in [3.63, 3.8) is 0 Å². The number of rotatable bonds is 5. The van der Waals surface area contributed by atoms with Crippen LogP contribution in [0.15, 0.2) is 55.1 Å². The van der Waals surface area contributed by atoms with E-state index in [1.165, 1.54) is 6.33 Å². The molecule has 156 valence electrons. The average Bonchev–Trinajstić information content (AvgIpc) is 3.37. The fourth-order valence-electron chi connectivity index (χ4n) is 4.17. The van der Waals surface area contributed by atoms with E-state index in [1.54, 1.807) is 29.2 Å². The lowest BCUT2D eigenvalue weighted by Gasteiger charge is -2.29. The van der Waals surface area contributed by atoms with Crippen molar-refractivity contribution in [3.05, 3.63) is 70.7 Å². The number of hydrogen-bond donors (Lipinski definition) is 0. The predicted octanol–water partition coefficient (Wildman–Crippen LogP) is 5.59. The second-order valence-electron chi connectivity index (χ2n) is 7.64. The molecule has 0 radical (unpaired) electrons. The maximum absolute atomic E-state index is 6.72. The molecule has 3 aromatic rings. The highest BCUT2D eigenvalue weighted by molar-refractivity contribution is 6.31. The van der Waals surface area contributed by atoms with Gasteiger partial charge in [-0.3, -0.25) is 0 Å². The van der Waals surface area contributed by atoms with Crippen LogP contribution in [0.2, 0.25) is 10.0 Å². The highest BCUT2D eigenvalue weighted by Gasteiger charge is 2.50. The molecular weight excluding hydrogens is 425 g/mol. The molecule has 1 aliphatic carbocycles. The molecule has 2 aliphatic rings. The van der Waals surface area contributed by atoms with Crippen LogP contribution >= 0.6 is 23.2 Å². The normalized spacial score (nSPS) is 25.8. The number of hydrogen-bond acceptors (Lipinski definition) is 5. The molecule has 5 rings (SSSR count). The molecule has 2 fully saturated rings. The summed E-state index contributed by atoms with van der Waals surface area (Å²) in [5.74, 6) is 0.292. The number of halogens is 2. The minimum absolute atomic E-state index is 0.0586. The van der Waals surface area contributed by atoms with Crippen molar-refractivity contribution in [2.45, 2.75) is 50.2 Å². The first-order chi connectivity index (χ1) is 14.6. The summed E-state index contributed by atoms with van der Waals surface area (Å²) >= 11 is 12.7. The maximum Gasteiger partial charge on any atom is 0.217 e. The molecule has 1 aromatic heterocycles. The van der Waals surface area contributed by atoms with Crippen LogP contribution in [-0.4, -0.2) is 27.0 Å². The van der Waals surface area contributed by atoms with Gasteiger partial charge in [0, 0.05) is 10.6 Å². The van der Waals surface area contributed by atoms with Gasteiger partial charge in [-0.2, -0.15) is 5.10 Å². The average molecular weight is 446 g/mol. The SMILES string of the molecule is Clc1ccc(Oc2ccc(C3(Cn4cncn4)OC4CCCCC4O3)c(Cl)c2)cc1. The van der Waals surface area contributed by atoms with Gasteiger partial charge in [0.25, 0.3) is 0 Å². The third kappa shape index (κ3) is 3.93. The zero-order valence-corrected chi connectivity index (χ0v) is 17.7. The Hall–Kier alpha value is -2.12. The van der Waals surface area contributed by atoms with E-state index in [9.17, 15) is 0 Å². The van der Waals surface area contributed by atoms with Gasteiger partial charge in [-0.05, 0) is 55.3 Å². The molecule has 0 amide bonds.